The highest BCUT2D eigenvalue weighted by Gasteiger charge is 2.39. The molecular formula is C16H27N3O2. The quantitative estimate of drug-likeness (QED) is 0.864. The predicted molar refractivity (Wildman–Crippen MR) is 80.1 cm³/mol. The molecule has 1 heterocycles. The fourth-order valence-electron chi connectivity index (χ4n) is 3.99. The number of aromatic nitrogens is 2. The molecule has 0 amide bonds. The number of ether oxygens (including phenoxy) is 1. The molecule has 2 aliphatic rings. The number of methoxy groups -OCH3 is 1. The maximum atomic E-state index is 5.87. The van der Waals surface area contributed by atoms with Gasteiger partial charge in [0.25, 0.3) is 0 Å². The van der Waals surface area contributed by atoms with E-state index in [1.807, 2.05) is 7.05 Å². The molecule has 1 N–H and O–H groups in total. The lowest BCUT2D eigenvalue weighted by molar-refractivity contribution is -0.0365. The first-order valence-electron chi connectivity index (χ1n) is 8.35. The van der Waals surface area contributed by atoms with Crippen LogP contribution in [0.3, 0.4) is 0 Å². The van der Waals surface area contributed by atoms with E-state index in [0.717, 1.165) is 31.0 Å². The lowest BCUT2D eigenvalue weighted by Gasteiger charge is -2.27. The van der Waals surface area contributed by atoms with E-state index < -0.39 is 0 Å². The van der Waals surface area contributed by atoms with Crippen LogP contribution in [0.4, 0.5) is 0 Å². The molecule has 0 aromatic carbocycles. The van der Waals surface area contributed by atoms with Gasteiger partial charge in [-0.15, -0.1) is 0 Å². The zero-order chi connectivity index (χ0) is 14.7. The lowest BCUT2D eigenvalue weighted by atomic mass is 9.93. The van der Waals surface area contributed by atoms with E-state index in [1.165, 1.54) is 38.5 Å². The van der Waals surface area contributed by atoms with Gasteiger partial charge in [0.1, 0.15) is 5.60 Å². The Morgan fingerprint density at radius 3 is 2.57 bits per heavy atom. The Hall–Kier alpha value is -0.940. The third kappa shape index (κ3) is 2.86. The Bertz CT molecular complexity index is 452. The van der Waals surface area contributed by atoms with Gasteiger partial charge in [-0.2, -0.15) is 4.98 Å². The van der Waals surface area contributed by atoms with Crippen molar-refractivity contribution in [3.05, 3.63) is 11.7 Å². The van der Waals surface area contributed by atoms with Crippen molar-refractivity contribution in [2.45, 2.75) is 75.3 Å². The number of nitrogens with one attached hydrogen (secondary N) is 1. The molecule has 0 saturated heterocycles. The standard InChI is InChI=1S/C16H27N3O2/c1-17-13-9-7-8-12(13)14-18-15(19-21-14)16(20-2)10-5-3-4-6-11-16/h12-13,17H,3-11H2,1-2H3. The van der Waals surface area contributed by atoms with Crippen molar-refractivity contribution in [3.8, 4) is 0 Å². The molecule has 21 heavy (non-hydrogen) atoms. The number of hydrogen-bond acceptors (Lipinski definition) is 5. The van der Waals surface area contributed by atoms with Gasteiger partial charge in [-0.3, -0.25) is 0 Å². The van der Waals surface area contributed by atoms with Crippen LogP contribution in [-0.4, -0.2) is 30.3 Å². The van der Waals surface area contributed by atoms with Gasteiger partial charge in [0, 0.05) is 13.2 Å². The first kappa shape index (κ1) is 15.0. The number of hydrogen-bond donors (Lipinski definition) is 1. The van der Waals surface area contributed by atoms with Gasteiger partial charge in [-0.1, -0.05) is 37.3 Å². The maximum absolute atomic E-state index is 5.87. The summed E-state index contributed by atoms with van der Waals surface area (Å²) < 4.78 is 11.5. The predicted octanol–water partition coefficient (Wildman–Crippen LogP) is 3.12. The fraction of sp³-hybridized carbons (Fsp3) is 0.875. The fourth-order valence-corrected chi connectivity index (χ4v) is 3.99. The van der Waals surface area contributed by atoms with E-state index in [1.54, 1.807) is 7.11 Å². The summed E-state index contributed by atoms with van der Waals surface area (Å²) in [5.74, 6) is 1.92. The van der Waals surface area contributed by atoms with Gasteiger partial charge in [0.2, 0.25) is 11.7 Å². The first-order valence-corrected chi connectivity index (χ1v) is 8.35. The van der Waals surface area contributed by atoms with Crippen LogP contribution in [0.5, 0.6) is 0 Å². The zero-order valence-electron chi connectivity index (χ0n) is 13.2. The van der Waals surface area contributed by atoms with Crippen molar-refractivity contribution in [3.63, 3.8) is 0 Å². The molecule has 0 bridgehead atoms. The molecule has 2 unspecified atom stereocenters. The molecule has 0 spiro atoms. The van der Waals surface area contributed by atoms with E-state index in [0.29, 0.717) is 12.0 Å². The van der Waals surface area contributed by atoms with Crippen molar-refractivity contribution in [2.75, 3.05) is 14.2 Å². The van der Waals surface area contributed by atoms with Crippen LogP contribution in [0.1, 0.15) is 75.4 Å². The minimum absolute atomic E-state index is 0.327. The molecule has 118 valence electrons. The molecule has 1 aromatic rings. The second-order valence-corrected chi connectivity index (χ2v) is 6.50. The third-order valence-corrected chi connectivity index (χ3v) is 5.36. The molecule has 0 radical (unpaired) electrons. The van der Waals surface area contributed by atoms with Crippen molar-refractivity contribution in [1.82, 2.24) is 15.5 Å². The Morgan fingerprint density at radius 2 is 1.90 bits per heavy atom. The Kier molecular flexibility index (Phi) is 4.60. The van der Waals surface area contributed by atoms with Crippen LogP contribution in [0, 0.1) is 0 Å². The van der Waals surface area contributed by atoms with Crippen LogP contribution in [0.2, 0.25) is 0 Å². The summed E-state index contributed by atoms with van der Waals surface area (Å²) in [4.78, 5) is 4.76. The molecule has 5 nitrogen and oxygen atoms in total. The summed E-state index contributed by atoms with van der Waals surface area (Å²) in [5.41, 5.74) is -0.327. The summed E-state index contributed by atoms with van der Waals surface area (Å²) in [6.07, 6.45) is 10.5. The molecule has 5 heteroatoms. The monoisotopic (exact) mass is 293 g/mol. The highest BCUT2D eigenvalue weighted by Crippen LogP contribution is 2.39. The molecule has 2 atom stereocenters. The summed E-state index contributed by atoms with van der Waals surface area (Å²) >= 11 is 0. The summed E-state index contributed by atoms with van der Waals surface area (Å²) in [5, 5.41) is 7.67. The average Bonchev–Trinajstić information content (AvgIpc) is 3.11. The van der Waals surface area contributed by atoms with Crippen LogP contribution in [-0.2, 0) is 10.3 Å². The van der Waals surface area contributed by atoms with E-state index in [4.69, 9.17) is 14.2 Å². The van der Waals surface area contributed by atoms with Gasteiger partial charge in [0.05, 0.1) is 5.92 Å². The Labute approximate surface area is 126 Å². The second kappa shape index (κ2) is 6.44. The number of nitrogens with zero attached hydrogens (tertiary/aromatic N) is 2. The van der Waals surface area contributed by atoms with Crippen LogP contribution < -0.4 is 5.32 Å². The van der Waals surface area contributed by atoms with Crippen molar-refractivity contribution in [1.29, 1.82) is 0 Å². The second-order valence-electron chi connectivity index (χ2n) is 6.50. The topological polar surface area (TPSA) is 60.2 Å². The van der Waals surface area contributed by atoms with Gasteiger partial charge in [-0.05, 0) is 32.7 Å². The SMILES string of the molecule is CNC1CCCC1c1nc(C2(OC)CCCCCC2)no1. The molecule has 2 fully saturated rings. The first-order chi connectivity index (χ1) is 10.3. The normalized spacial score (nSPS) is 29.4. The highest BCUT2D eigenvalue weighted by atomic mass is 16.5. The van der Waals surface area contributed by atoms with Crippen molar-refractivity contribution < 1.29 is 9.26 Å². The van der Waals surface area contributed by atoms with E-state index in [9.17, 15) is 0 Å². The molecule has 0 aliphatic heterocycles. The molecule has 2 aliphatic carbocycles. The largest absolute Gasteiger partial charge is 0.370 e. The minimum Gasteiger partial charge on any atom is -0.370 e. The number of likely N-dealkylation sites (N-methyl/N-ethyl adjacent to an activating group) is 1. The average molecular weight is 293 g/mol. The van der Waals surface area contributed by atoms with Gasteiger partial charge in [0.15, 0.2) is 0 Å². The maximum Gasteiger partial charge on any atom is 0.231 e. The zero-order valence-corrected chi connectivity index (χ0v) is 13.2. The van der Waals surface area contributed by atoms with Crippen LogP contribution >= 0.6 is 0 Å². The highest BCUT2D eigenvalue weighted by molar-refractivity contribution is 5.08. The van der Waals surface area contributed by atoms with E-state index >= 15 is 0 Å². The van der Waals surface area contributed by atoms with Gasteiger partial charge in [-0.25, -0.2) is 0 Å². The summed E-state index contributed by atoms with van der Waals surface area (Å²) in [7, 11) is 3.80. The summed E-state index contributed by atoms with van der Waals surface area (Å²) in [6.45, 7) is 0. The van der Waals surface area contributed by atoms with Crippen LogP contribution in [0.25, 0.3) is 0 Å². The van der Waals surface area contributed by atoms with E-state index in [-0.39, 0.29) is 5.60 Å². The third-order valence-electron chi connectivity index (χ3n) is 5.36. The van der Waals surface area contributed by atoms with Crippen LogP contribution in [0.15, 0.2) is 4.52 Å². The summed E-state index contributed by atoms with van der Waals surface area (Å²) in [6, 6.07) is 0.464. The van der Waals surface area contributed by atoms with Gasteiger partial charge < -0.3 is 14.6 Å². The smallest absolute Gasteiger partial charge is 0.231 e. The molecule has 2 saturated carbocycles. The minimum atomic E-state index is -0.327. The molecular weight excluding hydrogens is 266 g/mol. The molecule has 1 aromatic heterocycles. The Balaban J connectivity index is 1.82. The Morgan fingerprint density at radius 1 is 1.14 bits per heavy atom. The molecule has 3 rings (SSSR count). The lowest BCUT2D eigenvalue weighted by Crippen LogP contribution is -2.30. The van der Waals surface area contributed by atoms with E-state index in [2.05, 4.69) is 10.5 Å². The van der Waals surface area contributed by atoms with Crippen molar-refractivity contribution >= 4 is 0 Å². The number of rotatable bonds is 4. The van der Waals surface area contributed by atoms with Crippen molar-refractivity contribution in [2.24, 2.45) is 0 Å². The van der Waals surface area contributed by atoms with Gasteiger partial charge >= 0.3 is 0 Å².